The number of carbonyl (C=O) groups is 1. The van der Waals surface area contributed by atoms with E-state index in [1.807, 2.05) is 19.1 Å². The highest BCUT2D eigenvalue weighted by molar-refractivity contribution is 5.75. The van der Waals surface area contributed by atoms with E-state index in [0.29, 0.717) is 11.5 Å². The van der Waals surface area contributed by atoms with Crippen molar-refractivity contribution in [1.29, 1.82) is 0 Å². The molecule has 0 aliphatic carbocycles. The highest BCUT2D eigenvalue weighted by atomic mass is 16.1. The van der Waals surface area contributed by atoms with Crippen molar-refractivity contribution >= 4 is 17.4 Å². The largest absolute Gasteiger partial charge is 0.355 e. The van der Waals surface area contributed by atoms with E-state index < -0.39 is 0 Å². The summed E-state index contributed by atoms with van der Waals surface area (Å²) in [5.41, 5.74) is 0.678. The minimum absolute atomic E-state index is 0.103. The first-order valence-electron chi connectivity index (χ1n) is 8.41. The second-order valence-electron chi connectivity index (χ2n) is 6.15. The molecule has 3 aromatic heterocycles. The fourth-order valence-corrected chi connectivity index (χ4v) is 3.01. The minimum Gasteiger partial charge on any atom is -0.355 e. The van der Waals surface area contributed by atoms with Gasteiger partial charge in [0.25, 0.3) is 0 Å². The summed E-state index contributed by atoms with van der Waals surface area (Å²) in [6, 6.07) is 3.88. The van der Waals surface area contributed by atoms with Crippen molar-refractivity contribution in [3.05, 3.63) is 36.2 Å². The van der Waals surface area contributed by atoms with Crippen LogP contribution < -0.4 is 10.2 Å². The number of amides is 1. The third-order valence-electron chi connectivity index (χ3n) is 4.42. The zero-order chi connectivity index (χ0) is 17.2. The van der Waals surface area contributed by atoms with Gasteiger partial charge < -0.3 is 14.8 Å². The van der Waals surface area contributed by atoms with Crippen molar-refractivity contribution in [3.8, 4) is 0 Å². The number of fused-ring (bicyclic) bond motifs is 1. The fourth-order valence-electron chi connectivity index (χ4n) is 3.01. The molecule has 0 unspecified atom stereocenters. The van der Waals surface area contributed by atoms with E-state index in [4.69, 9.17) is 0 Å². The second-order valence-corrected chi connectivity index (χ2v) is 6.15. The van der Waals surface area contributed by atoms with Gasteiger partial charge in [-0.3, -0.25) is 4.79 Å². The van der Waals surface area contributed by atoms with Crippen LogP contribution in [0.4, 0.5) is 5.82 Å². The molecule has 1 N–H and O–H groups in total. The van der Waals surface area contributed by atoms with Crippen LogP contribution in [0.15, 0.2) is 24.5 Å². The Morgan fingerprint density at radius 2 is 2.08 bits per heavy atom. The molecule has 4 rings (SSSR count). The van der Waals surface area contributed by atoms with Gasteiger partial charge in [-0.25, -0.2) is 4.98 Å². The molecule has 0 atom stereocenters. The van der Waals surface area contributed by atoms with Crippen molar-refractivity contribution in [2.45, 2.75) is 32.9 Å². The quantitative estimate of drug-likeness (QED) is 0.729. The summed E-state index contributed by atoms with van der Waals surface area (Å²) < 4.78 is 3.50. The van der Waals surface area contributed by atoms with Crippen molar-refractivity contribution < 1.29 is 4.79 Å². The summed E-state index contributed by atoms with van der Waals surface area (Å²) in [5, 5.41) is 15.8. The summed E-state index contributed by atoms with van der Waals surface area (Å²) in [4.78, 5) is 18.5. The molecule has 9 nitrogen and oxygen atoms in total. The Kier molecular flexibility index (Phi) is 4.04. The second kappa shape index (κ2) is 6.50. The molecule has 130 valence electrons. The number of hydrogen-bond donors (Lipinski definition) is 1. The van der Waals surface area contributed by atoms with Crippen molar-refractivity contribution in [2.75, 3.05) is 18.0 Å². The number of anilines is 1. The van der Waals surface area contributed by atoms with Gasteiger partial charge in [0.05, 0.1) is 6.54 Å². The lowest BCUT2D eigenvalue weighted by Gasteiger charge is -2.15. The van der Waals surface area contributed by atoms with Gasteiger partial charge in [-0.15, -0.1) is 15.3 Å². The predicted octanol–water partition coefficient (Wildman–Crippen LogP) is 0.546. The lowest BCUT2D eigenvalue weighted by atomic mass is 10.4. The Labute approximate surface area is 144 Å². The predicted molar refractivity (Wildman–Crippen MR) is 91.0 cm³/mol. The highest BCUT2D eigenvalue weighted by Crippen LogP contribution is 2.17. The number of nitrogens with zero attached hydrogens (tertiary/aromatic N) is 7. The van der Waals surface area contributed by atoms with Crippen molar-refractivity contribution in [3.63, 3.8) is 0 Å². The molecule has 0 saturated carbocycles. The van der Waals surface area contributed by atoms with Gasteiger partial charge in [0.2, 0.25) is 5.91 Å². The van der Waals surface area contributed by atoms with Crippen LogP contribution in [-0.4, -0.2) is 48.4 Å². The van der Waals surface area contributed by atoms with Gasteiger partial charge in [-0.1, -0.05) is 0 Å². The Balaban J connectivity index is 1.46. The normalized spacial score (nSPS) is 14.4. The van der Waals surface area contributed by atoms with E-state index in [-0.39, 0.29) is 19.0 Å². The maximum atomic E-state index is 12.1. The Hall–Kier alpha value is -2.97. The number of nitrogens with one attached hydrogen (secondary N) is 1. The molecular weight excluding hydrogens is 320 g/mol. The molecule has 1 aliphatic rings. The number of aromatic nitrogens is 6. The molecule has 1 saturated heterocycles. The summed E-state index contributed by atoms with van der Waals surface area (Å²) >= 11 is 0. The van der Waals surface area contributed by atoms with Crippen LogP contribution in [0.25, 0.3) is 5.65 Å². The van der Waals surface area contributed by atoms with Gasteiger partial charge in [-0.2, -0.15) is 4.52 Å². The van der Waals surface area contributed by atoms with E-state index in [9.17, 15) is 4.79 Å². The van der Waals surface area contributed by atoms with Crippen molar-refractivity contribution in [1.82, 2.24) is 34.7 Å². The molecule has 1 fully saturated rings. The lowest BCUT2D eigenvalue weighted by Crippen LogP contribution is -2.28. The third-order valence-corrected chi connectivity index (χ3v) is 4.42. The van der Waals surface area contributed by atoms with Crippen molar-refractivity contribution in [2.24, 2.45) is 0 Å². The smallest absolute Gasteiger partial charge is 0.240 e. The molecule has 4 heterocycles. The number of aryl methyl sites for hydroxylation is 1. The molecule has 9 heteroatoms. The summed E-state index contributed by atoms with van der Waals surface area (Å²) in [5.74, 6) is 2.24. The van der Waals surface area contributed by atoms with E-state index in [0.717, 1.165) is 24.7 Å². The van der Waals surface area contributed by atoms with Crippen LogP contribution in [0, 0.1) is 6.92 Å². The summed E-state index contributed by atoms with van der Waals surface area (Å²) in [6.45, 7) is 4.43. The minimum atomic E-state index is -0.103. The fraction of sp³-hybridized carbons (Fsp3) is 0.438. The first-order chi connectivity index (χ1) is 12.2. The van der Waals surface area contributed by atoms with Gasteiger partial charge in [0, 0.05) is 25.5 Å². The van der Waals surface area contributed by atoms with Crippen LogP contribution in [-0.2, 0) is 17.9 Å². The van der Waals surface area contributed by atoms with Crippen LogP contribution in [0.1, 0.15) is 24.5 Å². The first-order valence-corrected chi connectivity index (χ1v) is 8.41. The van der Waals surface area contributed by atoms with Crippen LogP contribution >= 0.6 is 0 Å². The molecule has 0 spiro atoms. The molecule has 1 aliphatic heterocycles. The lowest BCUT2D eigenvalue weighted by molar-refractivity contribution is -0.121. The Morgan fingerprint density at radius 1 is 1.24 bits per heavy atom. The maximum Gasteiger partial charge on any atom is 0.240 e. The molecule has 1 amide bonds. The Morgan fingerprint density at radius 3 is 2.84 bits per heavy atom. The maximum absolute atomic E-state index is 12.1. The summed E-state index contributed by atoms with van der Waals surface area (Å²) in [7, 11) is 0. The van der Waals surface area contributed by atoms with Gasteiger partial charge in [0.15, 0.2) is 11.5 Å². The highest BCUT2D eigenvalue weighted by Gasteiger charge is 2.16. The van der Waals surface area contributed by atoms with Crippen LogP contribution in [0.2, 0.25) is 0 Å². The number of carbonyl (C=O) groups excluding carboxylic acids is 1. The number of hydrogen-bond acceptors (Lipinski definition) is 6. The topological polar surface area (TPSA) is 93.2 Å². The number of imidazole rings is 1. The monoisotopic (exact) mass is 340 g/mol. The average molecular weight is 340 g/mol. The standard InChI is InChI=1S/C16H20N8O/c1-12-17-6-9-23(12)11-16(25)18-10-15-20-19-13-4-5-14(21-24(13)15)22-7-2-3-8-22/h4-6,9H,2-3,7-8,10-11H2,1H3,(H,18,25). The van der Waals surface area contributed by atoms with Gasteiger partial charge >= 0.3 is 0 Å². The first kappa shape index (κ1) is 15.6. The molecule has 3 aromatic rings. The number of rotatable bonds is 5. The van der Waals surface area contributed by atoms with E-state index in [1.165, 1.54) is 12.8 Å². The molecular formula is C16H20N8O. The van der Waals surface area contributed by atoms with Gasteiger partial charge in [0.1, 0.15) is 18.2 Å². The van der Waals surface area contributed by atoms with E-state index in [1.54, 1.807) is 21.5 Å². The van der Waals surface area contributed by atoms with Gasteiger partial charge in [-0.05, 0) is 31.9 Å². The molecule has 0 radical (unpaired) electrons. The van der Waals surface area contributed by atoms with E-state index in [2.05, 4.69) is 30.5 Å². The van der Waals surface area contributed by atoms with Crippen LogP contribution in [0.3, 0.4) is 0 Å². The SMILES string of the molecule is Cc1nccn1CC(=O)NCc1nnc2ccc(N3CCCC3)nn12. The zero-order valence-corrected chi connectivity index (χ0v) is 14.1. The van der Waals surface area contributed by atoms with E-state index >= 15 is 0 Å². The Bertz CT molecular complexity index is 893. The third kappa shape index (κ3) is 3.17. The molecule has 25 heavy (non-hydrogen) atoms. The average Bonchev–Trinajstić information content (AvgIpc) is 3.34. The zero-order valence-electron chi connectivity index (χ0n) is 14.1. The molecule has 0 aromatic carbocycles. The summed E-state index contributed by atoms with van der Waals surface area (Å²) in [6.07, 6.45) is 5.85. The van der Waals surface area contributed by atoms with Crippen LogP contribution in [0.5, 0.6) is 0 Å². The molecule has 0 bridgehead atoms.